The number of hydrogen-bond donors (Lipinski definition) is 2. The van der Waals surface area contributed by atoms with Gasteiger partial charge in [0.15, 0.2) is 0 Å². The van der Waals surface area contributed by atoms with Gasteiger partial charge < -0.3 is 10.1 Å². The number of nitrogens with one attached hydrogen (secondary N) is 1. The van der Waals surface area contributed by atoms with E-state index in [4.69, 9.17) is 4.74 Å². The highest BCUT2D eigenvalue weighted by Gasteiger charge is 2.24. The summed E-state index contributed by atoms with van der Waals surface area (Å²) in [7, 11) is 0. The number of rotatable bonds is 6. The molecule has 0 amide bonds. The maximum Gasteiger partial charge on any atom is 0.319 e. The molecule has 0 spiro atoms. The molecular weight excluding hydrogens is 330 g/mol. The van der Waals surface area contributed by atoms with E-state index >= 15 is 0 Å². The number of ether oxygens (including phenoxy) is 1. The molecule has 1 unspecified atom stereocenters. The van der Waals surface area contributed by atoms with Gasteiger partial charge in [-0.15, -0.1) is 0 Å². The number of carbonyl (C=O) groups is 1. The van der Waals surface area contributed by atoms with Crippen molar-refractivity contribution in [1.29, 1.82) is 0 Å². The molecule has 0 aliphatic heterocycles. The summed E-state index contributed by atoms with van der Waals surface area (Å²) in [6, 6.07) is 26.7. The molecule has 1 atom stereocenters. The van der Waals surface area contributed by atoms with Crippen LogP contribution in [-0.4, -0.2) is 11.7 Å². The molecule has 0 aliphatic rings. The molecular formula is C21H19NO2S. The van der Waals surface area contributed by atoms with Crippen LogP contribution in [0.15, 0.2) is 84.9 Å². The molecule has 0 saturated heterocycles. The number of para-hydroxylation sites is 3. The quantitative estimate of drug-likeness (QED) is 0.372. The minimum atomic E-state index is -0.462. The summed E-state index contributed by atoms with van der Waals surface area (Å²) in [6.45, 7) is 0. The highest BCUT2D eigenvalue weighted by molar-refractivity contribution is 7.80. The number of hydrogen-bond acceptors (Lipinski definition) is 4. The number of thiol groups is 1. The molecule has 3 aromatic rings. The smallest absolute Gasteiger partial charge is 0.319 e. The van der Waals surface area contributed by atoms with Gasteiger partial charge in [0.25, 0.3) is 0 Å². The van der Waals surface area contributed by atoms with Crippen molar-refractivity contribution in [2.24, 2.45) is 0 Å². The normalized spacial score (nSPS) is 11.6. The average molecular weight is 349 g/mol. The molecule has 25 heavy (non-hydrogen) atoms. The first kappa shape index (κ1) is 17.1. The van der Waals surface area contributed by atoms with Crippen LogP contribution in [0, 0.1) is 0 Å². The van der Waals surface area contributed by atoms with Gasteiger partial charge in [0.05, 0.1) is 5.92 Å². The highest BCUT2D eigenvalue weighted by Crippen LogP contribution is 2.29. The zero-order valence-corrected chi connectivity index (χ0v) is 14.5. The minimum Gasteiger partial charge on any atom is -0.426 e. The van der Waals surface area contributed by atoms with E-state index < -0.39 is 5.92 Å². The Morgan fingerprint density at radius 3 is 2.16 bits per heavy atom. The second kappa shape index (κ2) is 8.40. The van der Waals surface area contributed by atoms with Crippen LogP contribution in [0.4, 0.5) is 11.4 Å². The summed E-state index contributed by atoms with van der Waals surface area (Å²) in [4.78, 5) is 12.6. The van der Waals surface area contributed by atoms with Crippen molar-refractivity contribution in [3.63, 3.8) is 0 Å². The first-order valence-electron chi connectivity index (χ1n) is 8.06. The zero-order chi connectivity index (χ0) is 17.5. The third-order valence-corrected chi connectivity index (χ3v) is 4.18. The van der Waals surface area contributed by atoms with Gasteiger partial charge in [-0.2, -0.15) is 12.6 Å². The largest absolute Gasteiger partial charge is 0.426 e. The van der Waals surface area contributed by atoms with Crippen LogP contribution in [0.3, 0.4) is 0 Å². The molecule has 0 fully saturated rings. The van der Waals surface area contributed by atoms with Crippen LogP contribution in [-0.2, 0) is 4.79 Å². The lowest BCUT2D eigenvalue weighted by Crippen LogP contribution is -2.21. The summed E-state index contributed by atoms with van der Waals surface area (Å²) in [6.07, 6.45) is 0. The molecule has 0 radical (unpaired) electrons. The van der Waals surface area contributed by atoms with Crippen LogP contribution in [0.5, 0.6) is 5.75 Å². The molecule has 0 bridgehead atoms. The van der Waals surface area contributed by atoms with E-state index in [1.807, 2.05) is 72.8 Å². The van der Waals surface area contributed by atoms with E-state index in [-0.39, 0.29) is 5.97 Å². The van der Waals surface area contributed by atoms with Gasteiger partial charge in [-0.05, 0) is 35.9 Å². The Kier molecular flexibility index (Phi) is 5.75. The third kappa shape index (κ3) is 4.43. The van der Waals surface area contributed by atoms with Crippen molar-refractivity contribution in [3.05, 3.63) is 90.5 Å². The Morgan fingerprint density at radius 2 is 1.48 bits per heavy atom. The fraction of sp³-hybridized carbons (Fsp3) is 0.0952. The fourth-order valence-electron chi connectivity index (χ4n) is 2.57. The van der Waals surface area contributed by atoms with Gasteiger partial charge in [-0.1, -0.05) is 54.6 Å². The lowest BCUT2D eigenvalue weighted by Gasteiger charge is -2.18. The van der Waals surface area contributed by atoms with Gasteiger partial charge in [0.2, 0.25) is 0 Å². The summed E-state index contributed by atoms with van der Waals surface area (Å²) < 4.78 is 5.51. The molecule has 3 rings (SSSR count). The van der Waals surface area contributed by atoms with E-state index in [1.54, 1.807) is 12.1 Å². The van der Waals surface area contributed by atoms with Crippen molar-refractivity contribution < 1.29 is 9.53 Å². The second-order valence-corrected chi connectivity index (χ2v) is 5.91. The SMILES string of the molecule is O=C(Oc1ccccc1)C(CS)c1ccccc1Nc1ccccc1. The van der Waals surface area contributed by atoms with Gasteiger partial charge in [0.1, 0.15) is 5.75 Å². The van der Waals surface area contributed by atoms with Crippen molar-refractivity contribution >= 4 is 30.0 Å². The first-order chi connectivity index (χ1) is 12.3. The maximum atomic E-state index is 12.6. The van der Waals surface area contributed by atoms with Gasteiger partial charge in [-0.3, -0.25) is 4.79 Å². The first-order valence-corrected chi connectivity index (χ1v) is 8.70. The fourth-order valence-corrected chi connectivity index (χ4v) is 2.91. The molecule has 3 nitrogen and oxygen atoms in total. The lowest BCUT2D eigenvalue weighted by atomic mass is 9.99. The van der Waals surface area contributed by atoms with E-state index in [0.717, 1.165) is 16.9 Å². The monoisotopic (exact) mass is 349 g/mol. The van der Waals surface area contributed by atoms with Crippen LogP contribution in [0.2, 0.25) is 0 Å². The number of esters is 1. The Morgan fingerprint density at radius 1 is 0.880 bits per heavy atom. The van der Waals surface area contributed by atoms with E-state index in [9.17, 15) is 4.79 Å². The summed E-state index contributed by atoms with van der Waals surface area (Å²) in [5.74, 6) is 0.117. The van der Waals surface area contributed by atoms with Crippen molar-refractivity contribution in [1.82, 2.24) is 0 Å². The Balaban J connectivity index is 1.84. The summed E-state index contributed by atoms with van der Waals surface area (Å²) >= 11 is 4.38. The standard InChI is InChI=1S/C21H19NO2S/c23-21(24-17-11-5-2-6-12-17)19(15-25)18-13-7-8-14-20(18)22-16-9-3-1-4-10-16/h1-14,19,22,25H,15H2. The Labute approximate surface area is 153 Å². The molecule has 1 N–H and O–H groups in total. The third-order valence-electron chi connectivity index (χ3n) is 3.82. The van der Waals surface area contributed by atoms with Crippen molar-refractivity contribution in [3.8, 4) is 5.75 Å². The zero-order valence-electron chi connectivity index (χ0n) is 13.6. The number of benzene rings is 3. The Bertz CT molecular complexity index is 822. The molecule has 3 aromatic carbocycles. The highest BCUT2D eigenvalue weighted by atomic mass is 32.1. The average Bonchev–Trinajstić information content (AvgIpc) is 2.65. The van der Waals surface area contributed by atoms with Crippen LogP contribution in [0.25, 0.3) is 0 Å². The second-order valence-electron chi connectivity index (χ2n) is 5.55. The molecule has 0 saturated carbocycles. The molecule has 0 heterocycles. The summed E-state index contributed by atoms with van der Waals surface area (Å²) in [5, 5.41) is 3.36. The van der Waals surface area contributed by atoms with Gasteiger partial charge >= 0.3 is 5.97 Å². The minimum absolute atomic E-state index is 0.316. The van der Waals surface area contributed by atoms with Crippen LogP contribution < -0.4 is 10.1 Å². The van der Waals surface area contributed by atoms with Crippen molar-refractivity contribution in [2.45, 2.75) is 5.92 Å². The number of carbonyl (C=O) groups excluding carboxylic acids is 1. The molecule has 4 heteroatoms. The molecule has 0 aliphatic carbocycles. The summed E-state index contributed by atoms with van der Waals surface area (Å²) in [5.41, 5.74) is 2.70. The van der Waals surface area contributed by atoms with E-state index in [2.05, 4.69) is 17.9 Å². The van der Waals surface area contributed by atoms with E-state index in [1.165, 1.54) is 0 Å². The van der Waals surface area contributed by atoms with Gasteiger partial charge in [0, 0.05) is 17.1 Å². The van der Waals surface area contributed by atoms with Gasteiger partial charge in [-0.25, -0.2) is 0 Å². The molecule has 0 aromatic heterocycles. The number of anilines is 2. The topological polar surface area (TPSA) is 38.3 Å². The maximum absolute atomic E-state index is 12.6. The lowest BCUT2D eigenvalue weighted by molar-refractivity contribution is -0.135. The molecule has 126 valence electrons. The van der Waals surface area contributed by atoms with E-state index in [0.29, 0.717) is 11.5 Å². The van der Waals surface area contributed by atoms with Crippen LogP contribution >= 0.6 is 12.6 Å². The van der Waals surface area contributed by atoms with Crippen LogP contribution in [0.1, 0.15) is 11.5 Å². The Hall–Kier alpha value is -2.72. The predicted octanol–water partition coefficient (Wildman–Crippen LogP) is 5.05. The van der Waals surface area contributed by atoms with Crippen molar-refractivity contribution in [2.75, 3.05) is 11.1 Å². The predicted molar refractivity (Wildman–Crippen MR) is 105 cm³/mol.